The predicted molar refractivity (Wildman–Crippen MR) is 84.3 cm³/mol. The van der Waals surface area contributed by atoms with Gasteiger partial charge in [-0.2, -0.15) is 0 Å². The summed E-state index contributed by atoms with van der Waals surface area (Å²) in [5.74, 6) is 1.72. The lowest BCUT2D eigenvalue weighted by atomic mass is 10.0. The fourth-order valence-corrected chi connectivity index (χ4v) is 5.66. The van der Waals surface area contributed by atoms with Gasteiger partial charge in [0, 0.05) is 22.0 Å². The van der Waals surface area contributed by atoms with Crippen molar-refractivity contribution in [3.05, 3.63) is 28.8 Å². The van der Waals surface area contributed by atoms with Crippen molar-refractivity contribution in [2.24, 2.45) is 0 Å². The Morgan fingerprint density at radius 1 is 1.20 bits per heavy atom. The molecule has 20 heavy (non-hydrogen) atoms. The Morgan fingerprint density at radius 3 is 2.70 bits per heavy atom. The number of nitrogens with one attached hydrogen (secondary N) is 1. The molecule has 2 heterocycles. The van der Waals surface area contributed by atoms with Gasteiger partial charge in [-0.25, -0.2) is 8.42 Å². The average molecular weight is 332 g/mol. The molecule has 0 amide bonds. The third-order valence-corrected chi connectivity index (χ3v) is 7.08. The molecular formula is C14H18ClNO2S2. The van der Waals surface area contributed by atoms with Crippen molar-refractivity contribution >= 4 is 33.2 Å². The second kappa shape index (κ2) is 5.87. The minimum atomic E-state index is -2.79. The molecule has 2 aliphatic heterocycles. The van der Waals surface area contributed by atoms with Gasteiger partial charge < -0.3 is 5.32 Å². The van der Waals surface area contributed by atoms with E-state index in [0.717, 1.165) is 30.0 Å². The van der Waals surface area contributed by atoms with Gasteiger partial charge in [0.05, 0.1) is 11.5 Å². The van der Waals surface area contributed by atoms with E-state index in [-0.39, 0.29) is 0 Å². The number of halogens is 1. The molecule has 2 aliphatic rings. The van der Waals surface area contributed by atoms with Gasteiger partial charge in [0.1, 0.15) is 9.84 Å². The summed E-state index contributed by atoms with van der Waals surface area (Å²) >= 11 is 7.97. The maximum atomic E-state index is 11.5. The summed E-state index contributed by atoms with van der Waals surface area (Å²) < 4.78 is 23.0. The van der Waals surface area contributed by atoms with Gasteiger partial charge in [-0.15, -0.1) is 11.8 Å². The van der Waals surface area contributed by atoms with Gasteiger partial charge in [0.2, 0.25) is 0 Å². The van der Waals surface area contributed by atoms with Crippen LogP contribution in [0.4, 0.5) is 0 Å². The van der Waals surface area contributed by atoms with Crippen LogP contribution >= 0.6 is 23.4 Å². The Bertz CT molecular complexity index is 589. The van der Waals surface area contributed by atoms with E-state index in [1.54, 1.807) is 0 Å². The lowest BCUT2D eigenvalue weighted by molar-refractivity contribution is 0.394. The van der Waals surface area contributed by atoms with Crippen LogP contribution in [0.2, 0.25) is 5.02 Å². The van der Waals surface area contributed by atoms with Crippen molar-refractivity contribution in [1.82, 2.24) is 5.32 Å². The molecule has 0 aliphatic carbocycles. The standard InChI is InChI=1S/C14H18ClNO2S2/c15-10-1-2-14-12(9-10)13(3-6-19-14)16-11-4-7-20(17,18)8-5-11/h1-2,9,11,13,16H,3-8H2. The molecule has 0 radical (unpaired) electrons. The molecule has 1 unspecified atom stereocenters. The largest absolute Gasteiger partial charge is 0.307 e. The van der Waals surface area contributed by atoms with Crippen LogP contribution in [0.15, 0.2) is 23.1 Å². The van der Waals surface area contributed by atoms with Crippen LogP contribution in [-0.2, 0) is 9.84 Å². The normalized spacial score (nSPS) is 26.1. The van der Waals surface area contributed by atoms with E-state index in [2.05, 4.69) is 11.4 Å². The van der Waals surface area contributed by atoms with E-state index in [9.17, 15) is 8.42 Å². The van der Waals surface area contributed by atoms with Crippen molar-refractivity contribution in [3.8, 4) is 0 Å². The average Bonchev–Trinajstić information content (AvgIpc) is 2.42. The first-order chi connectivity index (χ1) is 9.53. The Kier molecular flexibility index (Phi) is 4.32. The Hall–Kier alpha value is -0.230. The van der Waals surface area contributed by atoms with Crippen molar-refractivity contribution in [1.29, 1.82) is 0 Å². The molecule has 1 aromatic rings. The quantitative estimate of drug-likeness (QED) is 0.904. The number of hydrogen-bond acceptors (Lipinski definition) is 4. The molecule has 1 N–H and O–H groups in total. The van der Waals surface area contributed by atoms with Gasteiger partial charge in [-0.3, -0.25) is 0 Å². The highest BCUT2D eigenvalue weighted by Gasteiger charge is 2.28. The van der Waals surface area contributed by atoms with E-state index in [1.807, 2.05) is 23.9 Å². The van der Waals surface area contributed by atoms with Crippen LogP contribution in [-0.4, -0.2) is 31.7 Å². The zero-order valence-corrected chi connectivity index (χ0v) is 13.5. The molecule has 1 saturated heterocycles. The minimum Gasteiger partial charge on any atom is -0.307 e. The fraction of sp³-hybridized carbons (Fsp3) is 0.571. The van der Waals surface area contributed by atoms with Gasteiger partial charge in [0.25, 0.3) is 0 Å². The highest BCUT2D eigenvalue weighted by Crippen LogP contribution is 2.38. The molecule has 1 atom stereocenters. The Morgan fingerprint density at radius 2 is 1.95 bits per heavy atom. The number of hydrogen-bond donors (Lipinski definition) is 1. The second-order valence-electron chi connectivity index (χ2n) is 5.46. The predicted octanol–water partition coefficient (Wildman–Crippen LogP) is 3.04. The number of rotatable bonds is 2. The molecule has 110 valence electrons. The van der Waals surface area contributed by atoms with Crippen LogP contribution < -0.4 is 5.32 Å². The maximum Gasteiger partial charge on any atom is 0.150 e. The molecular weight excluding hydrogens is 314 g/mol. The van der Waals surface area contributed by atoms with E-state index in [1.165, 1.54) is 10.5 Å². The minimum absolute atomic E-state index is 0.302. The molecule has 0 bridgehead atoms. The van der Waals surface area contributed by atoms with Gasteiger partial charge in [-0.05, 0) is 48.8 Å². The first-order valence-electron chi connectivity index (χ1n) is 6.92. The molecule has 1 fully saturated rings. The second-order valence-corrected chi connectivity index (χ2v) is 9.34. The number of fused-ring (bicyclic) bond motifs is 1. The molecule has 3 rings (SSSR count). The lowest BCUT2D eigenvalue weighted by Crippen LogP contribution is -2.40. The van der Waals surface area contributed by atoms with E-state index < -0.39 is 9.84 Å². The fourth-order valence-electron chi connectivity index (χ4n) is 2.88. The summed E-state index contributed by atoms with van der Waals surface area (Å²) in [4.78, 5) is 1.29. The van der Waals surface area contributed by atoms with Crippen LogP contribution in [0.1, 0.15) is 30.9 Å². The van der Waals surface area contributed by atoms with Crippen molar-refractivity contribution < 1.29 is 8.42 Å². The van der Waals surface area contributed by atoms with Crippen LogP contribution in [0.3, 0.4) is 0 Å². The molecule has 3 nitrogen and oxygen atoms in total. The number of benzene rings is 1. The van der Waals surface area contributed by atoms with Gasteiger partial charge >= 0.3 is 0 Å². The summed E-state index contributed by atoms with van der Waals surface area (Å²) in [6.07, 6.45) is 2.52. The topological polar surface area (TPSA) is 46.2 Å². The lowest BCUT2D eigenvalue weighted by Gasteiger charge is -2.32. The first-order valence-corrected chi connectivity index (χ1v) is 10.1. The van der Waals surface area contributed by atoms with Crippen molar-refractivity contribution in [3.63, 3.8) is 0 Å². The highest BCUT2D eigenvalue weighted by atomic mass is 35.5. The smallest absolute Gasteiger partial charge is 0.150 e. The summed E-state index contributed by atoms with van der Waals surface area (Å²) in [5, 5.41) is 4.41. The zero-order valence-electron chi connectivity index (χ0n) is 11.1. The van der Waals surface area contributed by atoms with Gasteiger partial charge in [-0.1, -0.05) is 11.6 Å². The zero-order chi connectivity index (χ0) is 14.2. The van der Waals surface area contributed by atoms with E-state index in [0.29, 0.717) is 23.6 Å². The highest BCUT2D eigenvalue weighted by molar-refractivity contribution is 7.99. The summed E-state index contributed by atoms with van der Waals surface area (Å²) in [7, 11) is -2.79. The van der Waals surface area contributed by atoms with Crippen molar-refractivity contribution in [2.45, 2.75) is 36.2 Å². The number of sulfone groups is 1. The monoisotopic (exact) mass is 331 g/mol. The third-order valence-electron chi connectivity index (χ3n) is 4.00. The SMILES string of the molecule is O=S1(=O)CCC(NC2CCSc3ccc(Cl)cc32)CC1. The summed E-state index contributed by atoms with van der Waals surface area (Å²) in [6.45, 7) is 0. The van der Waals surface area contributed by atoms with Crippen LogP contribution in [0, 0.1) is 0 Å². The first kappa shape index (κ1) is 14.7. The molecule has 0 spiro atoms. The molecule has 1 aromatic carbocycles. The van der Waals surface area contributed by atoms with Crippen molar-refractivity contribution in [2.75, 3.05) is 17.3 Å². The van der Waals surface area contributed by atoms with Crippen LogP contribution in [0.5, 0.6) is 0 Å². The molecule has 0 saturated carbocycles. The summed E-state index contributed by atoms with van der Waals surface area (Å²) in [6, 6.07) is 6.67. The molecule has 0 aromatic heterocycles. The van der Waals surface area contributed by atoms with Gasteiger partial charge in [0.15, 0.2) is 0 Å². The Balaban J connectivity index is 1.72. The van der Waals surface area contributed by atoms with E-state index >= 15 is 0 Å². The third kappa shape index (κ3) is 3.32. The van der Waals surface area contributed by atoms with Crippen LogP contribution in [0.25, 0.3) is 0 Å². The summed E-state index contributed by atoms with van der Waals surface area (Å²) in [5.41, 5.74) is 1.27. The molecule has 6 heteroatoms. The number of thioether (sulfide) groups is 1. The maximum absolute atomic E-state index is 11.5. The Labute approximate surface area is 129 Å². The van der Waals surface area contributed by atoms with E-state index in [4.69, 9.17) is 11.6 Å².